The fraction of sp³-hybridized carbons (Fsp3) is 0.562. The number of rotatable bonds is 6. The van der Waals surface area contributed by atoms with Gasteiger partial charge in [-0.1, -0.05) is 6.92 Å². The minimum absolute atomic E-state index is 0.117. The van der Waals surface area contributed by atoms with Crippen LogP contribution in [0.4, 0.5) is 0 Å². The Kier molecular flexibility index (Phi) is 5.20. The third-order valence-electron chi connectivity index (χ3n) is 4.23. The summed E-state index contributed by atoms with van der Waals surface area (Å²) < 4.78 is 15.5. The Labute approximate surface area is 134 Å². The van der Waals surface area contributed by atoms with Crippen LogP contribution in [0, 0.1) is 11.8 Å². The molecule has 0 unspecified atom stereocenters. The summed E-state index contributed by atoms with van der Waals surface area (Å²) in [4.78, 5) is 36.7. The number of ether oxygens (including phenoxy) is 2. The fourth-order valence-corrected chi connectivity index (χ4v) is 3.04. The number of nitrogens with one attached hydrogen (secondary N) is 1. The molecule has 0 radical (unpaired) electrons. The van der Waals surface area contributed by atoms with Gasteiger partial charge in [0.1, 0.15) is 12.0 Å². The molecule has 0 bridgehead atoms. The van der Waals surface area contributed by atoms with Gasteiger partial charge in [0.15, 0.2) is 0 Å². The third kappa shape index (κ3) is 2.76. The lowest BCUT2D eigenvalue weighted by molar-refractivity contribution is -0.168. The molecule has 3 atom stereocenters. The van der Waals surface area contributed by atoms with Crippen LogP contribution in [0.25, 0.3) is 0 Å². The van der Waals surface area contributed by atoms with E-state index in [1.165, 1.54) is 6.26 Å². The van der Waals surface area contributed by atoms with E-state index in [0.717, 1.165) is 6.29 Å². The van der Waals surface area contributed by atoms with Crippen molar-refractivity contribution in [2.45, 2.75) is 32.4 Å². The maximum atomic E-state index is 12.5. The van der Waals surface area contributed by atoms with Crippen LogP contribution in [0.15, 0.2) is 22.8 Å². The first-order chi connectivity index (χ1) is 11.0. The third-order valence-corrected chi connectivity index (χ3v) is 4.23. The van der Waals surface area contributed by atoms with Crippen molar-refractivity contribution < 1.29 is 28.3 Å². The van der Waals surface area contributed by atoms with Crippen molar-refractivity contribution in [1.29, 1.82) is 0 Å². The highest BCUT2D eigenvalue weighted by Gasteiger charge is 2.63. The zero-order chi connectivity index (χ0) is 17.0. The monoisotopic (exact) mass is 323 g/mol. The largest absolute Gasteiger partial charge is 0.468 e. The van der Waals surface area contributed by atoms with E-state index in [0.29, 0.717) is 5.76 Å². The SMILES string of the molecule is CCOC(=O)C1(C(=O)OCC)N[C@H](c2ccco2)[C@H](C=O)[C@H]1C. The van der Waals surface area contributed by atoms with E-state index in [1.807, 2.05) is 0 Å². The van der Waals surface area contributed by atoms with Gasteiger partial charge in [0.05, 0.1) is 25.5 Å². The summed E-state index contributed by atoms with van der Waals surface area (Å²) in [6, 6.07) is 2.76. The van der Waals surface area contributed by atoms with Crippen molar-refractivity contribution in [2.24, 2.45) is 11.8 Å². The molecule has 1 aromatic rings. The van der Waals surface area contributed by atoms with Gasteiger partial charge in [-0.2, -0.15) is 0 Å². The minimum atomic E-state index is -1.73. The van der Waals surface area contributed by atoms with Crippen molar-refractivity contribution in [1.82, 2.24) is 5.32 Å². The Balaban J connectivity index is 2.46. The van der Waals surface area contributed by atoms with Crippen LogP contribution in [-0.2, 0) is 23.9 Å². The van der Waals surface area contributed by atoms with Gasteiger partial charge in [0, 0.05) is 11.8 Å². The number of aldehydes is 1. The van der Waals surface area contributed by atoms with E-state index in [-0.39, 0.29) is 13.2 Å². The fourth-order valence-electron chi connectivity index (χ4n) is 3.04. The number of carbonyl (C=O) groups excluding carboxylic acids is 3. The molecule has 0 aliphatic carbocycles. The molecule has 1 N–H and O–H groups in total. The van der Waals surface area contributed by atoms with Crippen molar-refractivity contribution in [2.75, 3.05) is 13.2 Å². The first kappa shape index (κ1) is 17.2. The predicted molar refractivity (Wildman–Crippen MR) is 79.3 cm³/mol. The second-order valence-corrected chi connectivity index (χ2v) is 5.39. The smallest absolute Gasteiger partial charge is 0.338 e. The lowest BCUT2D eigenvalue weighted by atomic mass is 9.80. The molecule has 126 valence electrons. The molecule has 7 nitrogen and oxygen atoms in total. The summed E-state index contributed by atoms with van der Waals surface area (Å²) in [5.41, 5.74) is -1.73. The minimum Gasteiger partial charge on any atom is -0.468 e. The number of carbonyl (C=O) groups is 3. The number of furan rings is 1. The van der Waals surface area contributed by atoms with Crippen molar-refractivity contribution in [3.63, 3.8) is 0 Å². The zero-order valence-corrected chi connectivity index (χ0v) is 13.4. The highest BCUT2D eigenvalue weighted by atomic mass is 16.6. The maximum Gasteiger partial charge on any atom is 0.338 e. The molecule has 0 amide bonds. The summed E-state index contributed by atoms with van der Waals surface area (Å²) in [7, 11) is 0. The van der Waals surface area contributed by atoms with Crippen molar-refractivity contribution in [3.05, 3.63) is 24.2 Å². The first-order valence-corrected chi connectivity index (χ1v) is 7.63. The number of hydrogen-bond donors (Lipinski definition) is 1. The standard InChI is InChI=1S/C16H21NO6/c1-4-21-14(19)16(15(20)22-5-2)10(3)11(9-18)13(17-16)12-7-6-8-23-12/h6-11,13,17H,4-5H2,1-3H3/t10-,11-,13+/m1/s1. The average molecular weight is 323 g/mol. The van der Waals surface area contributed by atoms with E-state index >= 15 is 0 Å². The van der Waals surface area contributed by atoms with E-state index in [1.54, 1.807) is 32.9 Å². The summed E-state index contributed by atoms with van der Waals surface area (Å²) in [6.45, 7) is 5.19. The van der Waals surface area contributed by atoms with E-state index in [2.05, 4.69) is 5.32 Å². The normalized spacial score (nSPS) is 25.8. The molecule has 2 heterocycles. The number of hydrogen-bond acceptors (Lipinski definition) is 7. The molecule has 1 fully saturated rings. The van der Waals surface area contributed by atoms with Crippen LogP contribution in [0.1, 0.15) is 32.6 Å². The summed E-state index contributed by atoms with van der Waals surface area (Å²) in [5, 5.41) is 2.95. The van der Waals surface area contributed by atoms with Crippen LogP contribution >= 0.6 is 0 Å². The predicted octanol–water partition coefficient (Wildman–Crippen LogP) is 1.24. The molecule has 1 aromatic heterocycles. The second-order valence-electron chi connectivity index (χ2n) is 5.39. The van der Waals surface area contributed by atoms with Crippen LogP contribution < -0.4 is 5.32 Å². The summed E-state index contributed by atoms with van der Waals surface area (Å²) >= 11 is 0. The molecule has 1 aliphatic rings. The van der Waals surface area contributed by atoms with Gasteiger partial charge in [0.2, 0.25) is 5.54 Å². The van der Waals surface area contributed by atoms with Crippen LogP contribution in [0.5, 0.6) is 0 Å². The molecule has 0 saturated carbocycles. The summed E-state index contributed by atoms with van der Waals surface area (Å²) in [6.07, 6.45) is 2.20. The zero-order valence-electron chi connectivity index (χ0n) is 13.4. The molecule has 7 heteroatoms. The maximum absolute atomic E-state index is 12.5. The molecule has 1 saturated heterocycles. The van der Waals surface area contributed by atoms with Crippen LogP contribution in [0.3, 0.4) is 0 Å². The summed E-state index contributed by atoms with van der Waals surface area (Å²) in [5.74, 6) is -2.29. The van der Waals surface area contributed by atoms with Crippen molar-refractivity contribution in [3.8, 4) is 0 Å². The van der Waals surface area contributed by atoms with Gasteiger partial charge in [-0.15, -0.1) is 0 Å². The molecule has 0 aromatic carbocycles. The second kappa shape index (κ2) is 6.95. The van der Waals surface area contributed by atoms with Gasteiger partial charge in [-0.3, -0.25) is 5.32 Å². The van der Waals surface area contributed by atoms with Gasteiger partial charge in [-0.05, 0) is 26.0 Å². The highest BCUT2D eigenvalue weighted by molar-refractivity contribution is 6.06. The van der Waals surface area contributed by atoms with Crippen LogP contribution in [-0.4, -0.2) is 37.0 Å². The molecule has 2 rings (SSSR count). The Hall–Kier alpha value is -2.15. The first-order valence-electron chi connectivity index (χ1n) is 7.63. The topological polar surface area (TPSA) is 94.8 Å². The van der Waals surface area contributed by atoms with Crippen molar-refractivity contribution >= 4 is 18.2 Å². The Morgan fingerprint density at radius 1 is 1.30 bits per heavy atom. The Morgan fingerprint density at radius 2 is 1.91 bits per heavy atom. The number of esters is 2. The van der Waals surface area contributed by atoms with Crippen LogP contribution in [0.2, 0.25) is 0 Å². The highest BCUT2D eigenvalue weighted by Crippen LogP contribution is 2.43. The Bertz CT molecular complexity index is 549. The molecule has 0 spiro atoms. The van der Waals surface area contributed by atoms with Gasteiger partial charge < -0.3 is 18.7 Å². The molecule has 23 heavy (non-hydrogen) atoms. The average Bonchev–Trinajstić information content (AvgIpc) is 3.14. The Morgan fingerprint density at radius 3 is 2.35 bits per heavy atom. The van der Waals surface area contributed by atoms with E-state index in [9.17, 15) is 14.4 Å². The molecular formula is C16H21NO6. The molecular weight excluding hydrogens is 302 g/mol. The van der Waals surface area contributed by atoms with E-state index in [4.69, 9.17) is 13.9 Å². The van der Waals surface area contributed by atoms with Gasteiger partial charge in [0.25, 0.3) is 0 Å². The van der Waals surface area contributed by atoms with Gasteiger partial charge in [-0.25, -0.2) is 9.59 Å². The van der Waals surface area contributed by atoms with E-state index < -0.39 is 35.4 Å². The lowest BCUT2D eigenvalue weighted by Gasteiger charge is -2.29. The lowest BCUT2D eigenvalue weighted by Crippen LogP contribution is -2.60. The molecule has 1 aliphatic heterocycles. The quantitative estimate of drug-likeness (QED) is 0.478. The van der Waals surface area contributed by atoms with Gasteiger partial charge >= 0.3 is 11.9 Å².